The maximum absolute atomic E-state index is 13.0. The van der Waals surface area contributed by atoms with Crippen LogP contribution in [0.2, 0.25) is 0 Å². The van der Waals surface area contributed by atoms with E-state index in [-0.39, 0.29) is 18.6 Å². The number of aromatic nitrogens is 2. The van der Waals surface area contributed by atoms with Crippen LogP contribution in [-0.2, 0) is 17.8 Å². The molecular formula is C18H21N3O4. The Labute approximate surface area is 146 Å². The van der Waals surface area contributed by atoms with Gasteiger partial charge < -0.3 is 19.1 Å². The van der Waals surface area contributed by atoms with Crippen LogP contribution in [0, 0.1) is 0 Å². The molecule has 1 unspecified atom stereocenters. The van der Waals surface area contributed by atoms with E-state index in [1.165, 1.54) is 5.56 Å². The number of amides is 1. The van der Waals surface area contributed by atoms with Gasteiger partial charge in [0.1, 0.15) is 0 Å². The number of rotatable bonds is 4. The largest absolute Gasteiger partial charge is 0.454 e. The molecule has 1 atom stereocenters. The van der Waals surface area contributed by atoms with E-state index < -0.39 is 0 Å². The Morgan fingerprint density at radius 3 is 3.00 bits per heavy atom. The molecule has 1 amide bonds. The summed E-state index contributed by atoms with van der Waals surface area (Å²) in [5.41, 5.74) is 2.72. The minimum absolute atomic E-state index is 0.0314. The second-order valence-electron chi connectivity index (χ2n) is 6.29. The number of aryl methyl sites for hydroxylation is 1. The van der Waals surface area contributed by atoms with Crippen molar-refractivity contribution < 1.29 is 19.0 Å². The second-order valence-corrected chi connectivity index (χ2v) is 6.29. The second kappa shape index (κ2) is 6.40. The molecular weight excluding hydrogens is 322 g/mol. The molecule has 1 aromatic heterocycles. The van der Waals surface area contributed by atoms with Crippen LogP contribution in [0.5, 0.6) is 11.5 Å². The van der Waals surface area contributed by atoms with Crippen molar-refractivity contribution in [1.29, 1.82) is 0 Å². The minimum Gasteiger partial charge on any atom is -0.454 e. The van der Waals surface area contributed by atoms with Crippen molar-refractivity contribution in [2.75, 3.05) is 27.1 Å². The number of methoxy groups -OCH3 is 1. The molecule has 0 saturated heterocycles. The van der Waals surface area contributed by atoms with E-state index >= 15 is 0 Å². The highest BCUT2D eigenvalue weighted by atomic mass is 16.7. The average Bonchev–Trinajstić information content (AvgIpc) is 3.26. The number of benzene rings is 1. The smallest absolute Gasteiger partial charge is 0.254 e. The summed E-state index contributed by atoms with van der Waals surface area (Å²) < 4.78 is 18.0. The minimum atomic E-state index is -0.0314. The Balaban J connectivity index is 1.61. The van der Waals surface area contributed by atoms with Gasteiger partial charge in [0.25, 0.3) is 5.91 Å². The summed E-state index contributed by atoms with van der Waals surface area (Å²) in [5, 5.41) is 4.61. The number of hydrogen-bond acceptors (Lipinski definition) is 5. The normalized spacial score (nSPS) is 18.3. The molecule has 0 fully saturated rings. The molecule has 7 heteroatoms. The number of carbonyl (C=O) groups excluding carboxylic acids is 1. The van der Waals surface area contributed by atoms with Crippen molar-refractivity contribution >= 4 is 5.91 Å². The molecule has 0 N–H and O–H groups in total. The molecule has 0 radical (unpaired) electrons. The SMILES string of the molecule is CCn1cc2c(n1)CN(C(=O)c1ccc3c(c1)OCO3)CC2COC. The van der Waals surface area contributed by atoms with Crippen LogP contribution >= 0.6 is 0 Å². The Bertz CT molecular complexity index is 802. The first-order valence-corrected chi connectivity index (χ1v) is 8.43. The van der Waals surface area contributed by atoms with Crippen molar-refractivity contribution in [3.05, 3.63) is 41.2 Å². The number of ether oxygens (including phenoxy) is 3. The molecule has 0 spiro atoms. The molecule has 132 valence electrons. The monoisotopic (exact) mass is 343 g/mol. The van der Waals surface area contributed by atoms with E-state index in [0.717, 1.165) is 12.2 Å². The lowest BCUT2D eigenvalue weighted by Crippen LogP contribution is -2.39. The fourth-order valence-corrected chi connectivity index (χ4v) is 3.42. The summed E-state index contributed by atoms with van der Waals surface area (Å²) in [6.45, 7) is 4.75. The van der Waals surface area contributed by atoms with Crippen LogP contribution < -0.4 is 9.47 Å². The first kappa shape index (κ1) is 16.0. The molecule has 0 saturated carbocycles. The van der Waals surface area contributed by atoms with Gasteiger partial charge in [-0.3, -0.25) is 9.48 Å². The number of hydrogen-bond donors (Lipinski definition) is 0. The number of fused-ring (bicyclic) bond motifs is 2. The van der Waals surface area contributed by atoms with Gasteiger partial charge in [-0.1, -0.05) is 0 Å². The zero-order valence-corrected chi connectivity index (χ0v) is 14.4. The van der Waals surface area contributed by atoms with E-state index in [0.29, 0.717) is 36.8 Å². The van der Waals surface area contributed by atoms with E-state index in [1.54, 1.807) is 25.3 Å². The molecule has 4 rings (SSSR count). The molecule has 1 aromatic carbocycles. The standard InChI is InChI=1S/C18H21N3O4/c1-3-21-8-14-13(10-23-2)7-20(9-15(14)19-21)18(22)12-4-5-16-17(6-12)25-11-24-16/h4-6,8,13H,3,7,9-11H2,1-2H3. The first-order chi connectivity index (χ1) is 12.2. The summed E-state index contributed by atoms with van der Waals surface area (Å²) >= 11 is 0. The first-order valence-electron chi connectivity index (χ1n) is 8.43. The lowest BCUT2D eigenvalue weighted by molar-refractivity contribution is 0.0677. The zero-order valence-electron chi connectivity index (χ0n) is 14.4. The predicted octanol–water partition coefficient (Wildman–Crippen LogP) is 2.02. The van der Waals surface area contributed by atoms with Gasteiger partial charge in [-0.2, -0.15) is 5.10 Å². The topological polar surface area (TPSA) is 65.8 Å². The van der Waals surface area contributed by atoms with Gasteiger partial charge in [0.15, 0.2) is 11.5 Å². The van der Waals surface area contributed by atoms with Crippen LogP contribution in [0.4, 0.5) is 0 Å². The predicted molar refractivity (Wildman–Crippen MR) is 89.8 cm³/mol. The number of nitrogens with zero attached hydrogens (tertiary/aromatic N) is 3. The third-order valence-corrected chi connectivity index (χ3v) is 4.69. The van der Waals surface area contributed by atoms with Gasteiger partial charge in [-0.15, -0.1) is 0 Å². The van der Waals surface area contributed by atoms with Crippen molar-refractivity contribution in [1.82, 2.24) is 14.7 Å². The Kier molecular flexibility index (Phi) is 4.09. The lowest BCUT2D eigenvalue weighted by atomic mass is 9.95. The van der Waals surface area contributed by atoms with Crippen LogP contribution in [0.15, 0.2) is 24.4 Å². The highest BCUT2D eigenvalue weighted by molar-refractivity contribution is 5.95. The molecule has 0 bridgehead atoms. The summed E-state index contributed by atoms with van der Waals surface area (Å²) in [5.74, 6) is 1.40. The maximum atomic E-state index is 13.0. The van der Waals surface area contributed by atoms with Crippen LogP contribution in [0.25, 0.3) is 0 Å². The van der Waals surface area contributed by atoms with Crippen molar-refractivity contribution in [2.24, 2.45) is 0 Å². The fourth-order valence-electron chi connectivity index (χ4n) is 3.42. The number of carbonyl (C=O) groups is 1. The summed E-state index contributed by atoms with van der Waals surface area (Å²) in [6.07, 6.45) is 2.07. The van der Waals surface area contributed by atoms with Gasteiger partial charge in [0.2, 0.25) is 6.79 Å². The third kappa shape index (κ3) is 2.84. The summed E-state index contributed by atoms with van der Waals surface area (Å²) in [6, 6.07) is 5.31. The lowest BCUT2D eigenvalue weighted by Gasteiger charge is -2.31. The molecule has 0 aliphatic carbocycles. The van der Waals surface area contributed by atoms with Gasteiger partial charge in [-0.25, -0.2) is 0 Å². The molecule has 2 aliphatic rings. The Hall–Kier alpha value is -2.54. The van der Waals surface area contributed by atoms with Gasteiger partial charge in [0.05, 0.1) is 18.8 Å². The highest BCUT2D eigenvalue weighted by Gasteiger charge is 2.31. The van der Waals surface area contributed by atoms with E-state index in [1.807, 2.05) is 9.58 Å². The maximum Gasteiger partial charge on any atom is 0.254 e. The fraction of sp³-hybridized carbons (Fsp3) is 0.444. The van der Waals surface area contributed by atoms with Crippen molar-refractivity contribution in [3.63, 3.8) is 0 Å². The highest BCUT2D eigenvalue weighted by Crippen LogP contribution is 2.34. The van der Waals surface area contributed by atoms with E-state index in [4.69, 9.17) is 14.2 Å². The van der Waals surface area contributed by atoms with Gasteiger partial charge in [-0.05, 0) is 25.1 Å². The quantitative estimate of drug-likeness (QED) is 0.850. The Morgan fingerprint density at radius 2 is 2.20 bits per heavy atom. The average molecular weight is 343 g/mol. The van der Waals surface area contributed by atoms with E-state index in [9.17, 15) is 4.79 Å². The molecule has 2 aliphatic heterocycles. The molecule has 25 heavy (non-hydrogen) atoms. The molecule has 7 nitrogen and oxygen atoms in total. The van der Waals surface area contributed by atoms with Crippen LogP contribution in [-0.4, -0.2) is 47.6 Å². The Morgan fingerprint density at radius 1 is 1.36 bits per heavy atom. The summed E-state index contributed by atoms with van der Waals surface area (Å²) in [4.78, 5) is 14.8. The zero-order chi connectivity index (χ0) is 17.4. The van der Waals surface area contributed by atoms with Crippen molar-refractivity contribution in [2.45, 2.75) is 25.9 Å². The third-order valence-electron chi connectivity index (χ3n) is 4.69. The van der Waals surface area contributed by atoms with Crippen molar-refractivity contribution in [3.8, 4) is 11.5 Å². The van der Waals surface area contributed by atoms with Gasteiger partial charge in [0, 0.05) is 43.4 Å². The summed E-state index contributed by atoms with van der Waals surface area (Å²) in [7, 11) is 1.68. The van der Waals surface area contributed by atoms with Crippen LogP contribution in [0.3, 0.4) is 0 Å². The van der Waals surface area contributed by atoms with Gasteiger partial charge >= 0.3 is 0 Å². The van der Waals surface area contributed by atoms with E-state index in [2.05, 4.69) is 18.2 Å². The van der Waals surface area contributed by atoms with Crippen LogP contribution in [0.1, 0.15) is 34.5 Å². The molecule has 2 aromatic rings. The molecule has 3 heterocycles.